The van der Waals surface area contributed by atoms with Crippen molar-refractivity contribution in [1.82, 2.24) is 10.2 Å². The molecule has 1 aromatic heterocycles. The van der Waals surface area contributed by atoms with Crippen LogP contribution < -0.4 is 5.32 Å². The SMILES string of the molecule is CCc1nnc(NC2CCC(SC)C2)c(C(=O)O)c1CC. The lowest BCUT2D eigenvalue weighted by Crippen LogP contribution is -2.21. The van der Waals surface area contributed by atoms with Gasteiger partial charge < -0.3 is 10.4 Å². The van der Waals surface area contributed by atoms with Crippen LogP contribution in [0.1, 0.15) is 54.7 Å². The van der Waals surface area contributed by atoms with E-state index in [1.165, 1.54) is 6.42 Å². The number of carboxylic acid groups (broad SMARTS) is 1. The second kappa shape index (κ2) is 7.11. The fourth-order valence-electron chi connectivity index (χ4n) is 2.98. The number of aryl methyl sites for hydroxylation is 1. The quantitative estimate of drug-likeness (QED) is 0.841. The molecular weight excluding hydrogens is 286 g/mol. The Balaban J connectivity index is 2.29. The van der Waals surface area contributed by atoms with Crippen LogP contribution in [0.3, 0.4) is 0 Å². The lowest BCUT2D eigenvalue weighted by molar-refractivity contribution is 0.0696. The number of thioether (sulfide) groups is 1. The van der Waals surface area contributed by atoms with Gasteiger partial charge in [0, 0.05) is 11.3 Å². The molecule has 0 radical (unpaired) electrons. The molecule has 0 amide bonds. The van der Waals surface area contributed by atoms with E-state index in [-0.39, 0.29) is 0 Å². The van der Waals surface area contributed by atoms with Crippen LogP contribution in [0.4, 0.5) is 5.82 Å². The van der Waals surface area contributed by atoms with Crippen LogP contribution >= 0.6 is 11.8 Å². The molecule has 1 aromatic rings. The molecule has 5 nitrogen and oxygen atoms in total. The molecule has 2 rings (SSSR count). The zero-order chi connectivity index (χ0) is 15.4. The van der Waals surface area contributed by atoms with Gasteiger partial charge in [-0.25, -0.2) is 4.79 Å². The highest BCUT2D eigenvalue weighted by Crippen LogP contribution is 2.31. The minimum Gasteiger partial charge on any atom is -0.478 e. The predicted octanol–water partition coefficient (Wildman–Crippen LogP) is 3.00. The molecule has 116 valence electrons. The summed E-state index contributed by atoms with van der Waals surface area (Å²) in [5, 5.41) is 21.9. The van der Waals surface area contributed by atoms with Crippen LogP contribution in [0.5, 0.6) is 0 Å². The average Bonchev–Trinajstić information content (AvgIpc) is 2.93. The summed E-state index contributed by atoms with van der Waals surface area (Å²) in [5.41, 5.74) is 1.90. The third-order valence-corrected chi connectivity index (χ3v) is 5.21. The van der Waals surface area contributed by atoms with Crippen LogP contribution in [-0.4, -0.2) is 38.8 Å². The van der Waals surface area contributed by atoms with E-state index in [9.17, 15) is 9.90 Å². The van der Waals surface area contributed by atoms with E-state index in [0.29, 0.717) is 35.5 Å². The Hall–Kier alpha value is -1.30. The van der Waals surface area contributed by atoms with Crippen molar-refractivity contribution in [3.8, 4) is 0 Å². The molecule has 21 heavy (non-hydrogen) atoms. The first-order valence-electron chi connectivity index (χ1n) is 7.51. The summed E-state index contributed by atoms with van der Waals surface area (Å²) < 4.78 is 0. The molecule has 1 fully saturated rings. The maximum Gasteiger partial charge on any atom is 0.339 e. The number of carbonyl (C=O) groups is 1. The molecule has 1 aliphatic carbocycles. The highest BCUT2D eigenvalue weighted by Gasteiger charge is 2.27. The first-order chi connectivity index (χ1) is 10.1. The fourth-order valence-corrected chi connectivity index (χ4v) is 3.78. The normalized spacial score (nSPS) is 21.5. The Kier molecular flexibility index (Phi) is 5.45. The largest absolute Gasteiger partial charge is 0.478 e. The van der Waals surface area contributed by atoms with E-state index in [0.717, 1.165) is 24.1 Å². The summed E-state index contributed by atoms with van der Waals surface area (Å²) in [6.07, 6.45) is 6.77. The van der Waals surface area contributed by atoms with E-state index in [2.05, 4.69) is 21.8 Å². The smallest absolute Gasteiger partial charge is 0.339 e. The number of rotatable bonds is 6. The minimum atomic E-state index is -0.918. The van der Waals surface area contributed by atoms with Gasteiger partial charge in [0.25, 0.3) is 0 Å². The number of nitrogens with zero attached hydrogens (tertiary/aromatic N) is 2. The number of carboxylic acids is 1. The zero-order valence-corrected chi connectivity index (χ0v) is 13.7. The van der Waals surface area contributed by atoms with Crippen LogP contribution in [0.25, 0.3) is 0 Å². The van der Waals surface area contributed by atoms with Gasteiger partial charge in [-0.3, -0.25) is 0 Å². The monoisotopic (exact) mass is 309 g/mol. The molecule has 0 saturated heterocycles. The molecule has 1 aliphatic rings. The maximum absolute atomic E-state index is 11.7. The Morgan fingerprint density at radius 3 is 2.62 bits per heavy atom. The highest BCUT2D eigenvalue weighted by atomic mass is 32.2. The topological polar surface area (TPSA) is 75.1 Å². The Morgan fingerprint density at radius 1 is 1.33 bits per heavy atom. The standard InChI is InChI=1S/C15H23N3O2S/c1-4-11-12(5-2)17-18-14(13(11)15(19)20)16-9-6-7-10(8-9)21-3/h9-10H,4-8H2,1-3H3,(H,16,18)(H,19,20). The van der Waals surface area contributed by atoms with Gasteiger partial charge in [-0.15, -0.1) is 5.10 Å². The van der Waals surface area contributed by atoms with E-state index in [1.54, 1.807) is 0 Å². The molecule has 2 atom stereocenters. The third kappa shape index (κ3) is 3.48. The summed E-state index contributed by atoms with van der Waals surface area (Å²) in [6, 6.07) is 0.298. The van der Waals surface area contributed by atoms with Gasteiger partial charge in [0.05, 0.1) is 5.69 Å². The van der Waals surface area contributed by atoms with Gasteiger partial charge in [-0.05, 0) is 43.9 Å². The Labute approximate surface area is 129 Å². The number of hydrogen-bond donors (Lipinski definition) is 2. The number of hydrogen-bond acceptors (Lipinski definition) is 5. The van der Waals surface area contributed by atoms with Crippen LogP contribution in [0.15, 0.2) is 0 Å². The van der Waals surface area contributed by atoms with E-state index < -0.39 is 5.97 Å². The lowest BCUT2D eigenvalue weighted by Gasteiger charge is -2.17. The molecule has 0 bridgehead atoms. The number of aromatic nitrogens is 2. The Morgan fingerprint density at radius 2 is 2.10 bits per heavy atom. The van der Waals surface area contributed by atoms with Crippen molar-refractivity contribution in [2.75, 3.05) is 11.6 Å². The summed E-state index contributed by atoms with van der Waals surface area (Å²) in [7, 11) is 0. The third-order valence-electron chi connectivity index (χ3n) is 4.12. The van der Waals surface area contributed by atoms with Crippen molar-refractivity contribution in [2.45, 2.75) is 57.2 Å². The molecular formula is C15H23N3O2S. The first kappa shape index (κ1) is 16.1. The fraction of sp³-hybridized carbons (Fsp3) is 0.667. The van der Waals surface area contributed by atoms with Crippen molar-refractivity contribution < 1.29 is 9.90 Å². The van der Waals surface area contributed by atoms with Crippen LogP contribution in [0.2, 0.25) is 0 Å². The van der Waals surface area contributed by atoms with Crippen molar-refractivity contribution in [2.24, 2.45) is 0 Å². The number of anilines is 1. The first-order valence-corrected chi connectivity index (χ1v) is 8.80. The number of nitrogens with one attached hydrogen (secondary N) is 1. The van der Waals surface area contributed by atoms with Gasteiger partial charge in [-0.2, -0.15) is 16.9 Å². The molecule has 0 aromatic carbocycles. The molecule has 2 unspecified atom stereocenters. The molecule has 6 heteroatoms. The van der Waals surface area contributed by atoms with E-state index >= 15 is 0 Å². The van der Waals surface area contributed by atoms with Crippen molar-refractivity contribution in [1.29, 1.82) is 0 Å². The summed E-state index contributed by atoms with van der Waals surface area (Å²) in [6.45, 7) is 3.94. The highest BCUT2D eigenvalue weighted by molar-refractivity contribution is 7.99. The molecule has 0 aliphatic heterocycles. The van der Waals surface area contributed by atoms with E-state index in [4.69, 9.17) is 0 Å². The summed E-state index contributed by atoms with van der Waals surface area (Å²) in [4.78, 5) is 11.7. The maximum atomic E-state index is 11.7. The summed E-state index contributed by atoms with van der Waals surface area (Å²) >= 11 is 1.88. The van der Waals surface area contributed by atoms with Crippen molar-refractivity contribution in [3.05, 3.63) is 16.8 Å². The molecule has 1 heterocycles. The van der Waals surface area contributed by atoms with Gasteiger partial charge in [0.2, 0.25) is 0 Å². The van der Waals surface area contributed by atoms with Gasteiger partial charge in [0.15, 0.2) is 5.82 Å². The molecule has 2 N–H and O–H groups in total. The Bertz CT molecular complexity index is 522. The summed E-state index contributed by atoms with van der Waals surface area (Å²) in [5.74, 6) is -0.485. The lowest BCUT2D eigenvalue weighted by atomic mass is 10.0. The van der Waals surface area contributed by atoms with Crippen LogP contribution in [0, 0.1) is 0 Å². The molecule has 0 spiro atoms. The zero-order valence-electron chi connectivity index (χ0n) is 12.8. The van der Waals surface area contributed by atoms with Gasteiger partial charge in [0.1, 0.15) is 5.56 Å². The predicted molar refractivity (Wildman–Crippen MR) is 86.3 cm³/mol. The minimum absolute atomic E-state index is 0.298. The van der Waals surface area contributed by atoms with Gasteiger partial charge >= 0.3 is 5.97 Å². The number of aromatic carboxylic acids is 1. The van der Waals surface area contributed by atoms with Gasteiger partial charge in [-0.1, -0.05) is 13.8 Å². The van der Waals surface area contributed by atoms with Crippen LogP contribution in [-0.2, 0) is 12.8 Å². The average molecular weight is 309 g/mol. The van der Waals surface area contributed by atoms with Crippen molar-refractivity contribution in [3.63, 3.8) is 0 Å². The van der Waals surface area contributed by atoms with E-state index in [1.807, 2.05) is 25.6 Å². The molecule has 1 saturated carbocycles. The second-order valence-electron chi connectivity index (χ2n) is 5.37. The van der Waals surface area contributed by atoms with Crippen molar-refractivity contribution >= 4 is 23.5 Å². The second-order valence-corrected chi connectivity index (χ2v) is 6.51.